The number of aryl methyl sites for hydroxylation is 1. The molecule has 1 aromatic rings. The van der Waals surface area contributed by atoms with Gasteiger partial charge in [-0.1, -0.05) is 19.8 Å². The second kappa shape index (κ2) is 5.23. The second-order valence-corrected chi connectivity index (χ2v) is 3.30. The Labute approximate surface area is 84.6 Å². The number of aromatic nitrogens is 1. The van der Waals surface area contributed by atoms with E-state index in [-0.39, 0.29) is 0 Å². The lowest BCUT2D eigenvalue weighted by molar-refractivity contribution is 0.716. The largest absolute Gasteiger partial charge is 0.383 e. The summed E-state index contributed by atoms with van der Waals surface area (Å²) in [6.45, 7) is 2.16. The molecule has 0 amide bonds. The summed E-state index contributed by atoms with van der Waals surface area (Å²) < 4.78 is 0. The summed E-state index contributed by atoms with van der Waals surface area (Å²) >= 11 is 0. The van der Waals surface area contributed by atoms with Gasteiger partial charge in [0.2, 0.25) is 0 Å². The molecule has 3 nitrogen and oxygen atoms in total. The number of nitrogen functional groups attached to an aromatic ring is 1. The van der Waals surface area contributed by atoms with E-state index >= 15 is 0 Å². The molecule has 0 aliphatic rings. The molecule has 0 radical (unpaired) electrons. The van der Waals surface area contributed by atoms with Gasteiger partial charge in [-0.3, -0.25) is 0 Å². The third-order valence-corrected chi connectivity index (χ3v) is 2.23. The second-order valence-electron chi connectivity index (χ2n) is 3.30. The molecule has 74 valence electrons. The van der Waals surface area contributed by atoms with Crippen molar-refractivity contribution in [2.45, 2.75) is 32.6 Å². The van der Waals surface area contributed by atoms with Gasteiger partial charge in [0.1, 0.15) is 11.9 Å². The van der Waals surface area contributed by atoms with Crippen LogP contribution in [0.1, 0.15) is 37.3 Å². The maximum Gasteiger partial charge on any atom is 0.141 e. The van der Waals surface area contributed by atoms with Gasteiger partial charge in [0.15, 0.2) is 0 Å². The Bertz CT molecular complexity index is 339. The Hall–Kier alpha value is -1.56. The van der Waals surface area contributed by atoms with Crippen molar-refractivity contribution in [1.29, 1.82) is 5.26 Å². The molecular weight excluding hydrogens is 174 g/mol. The van der Waals surface area contributed by atoms with Crippen molar-refractivity contribution in [2.24, 2.45) is 0 Å². The van der Waals surface area contributed by atoms with Crippen LogP contribution in [-0.2, 0) is 6.42 Å². The molecule has 1 aromatic heterocycles. The molecule has 0 fully saturated rings. The summed E-state index contributed by atoms with van der Waals surface area (Å²) in [6.07, 6.45) is 6.06. The maximum atomic E-state index is 8.89. The van der Waals surface area contributed by atoms with E-state index in [4.69, 9.17) is 11.0 Å². The van der Waals surface area contributed by atoms with Crippen molar-refractivity contribution in [2.75, 3.05) is 5.73 Å². The minimum Gasteiger partial charge on any atom is -0.383 e. The van der Waals surface area contributed by atoms with Gasteiger partial charge in [0, 0.05) is 6.20 Å². The lowest BCUT2D eigenvalue weighted by Gasteiger charge is -2.04. The fraction of sp³-hybridized carbons (Fsp3) is 0.455. The van der Waals surface area contributed by atoms with Crippen LogP contribution in [0.25, 0.3) is 0 Å². The van der Waals surface area contributed by atoms with Gasteiger partial charge in [0.05, 0.1) is 5.56 Å². The smallest absolute Gasteiger partial charge is 0.141 e. The molecule has 0 saturated heterocycles. The molecule has 0 aliphatic carbocycles. The Morgan fingerprint density at radius 3 is 2.93 bits per heavy atom. The third-order valence-electron chi connectivity index (χ3n) is 2.23. The first-order chi connectivity index (χ1) is 6.79. The third kappa shape index (κ3) is 2.46. The van der Waals surface area contributed by atoms with E-state index in [1.807, 2.05) is 6.07 Å². The zero-order valence-corrected chi connectivity index (χ0v) is 8.45. The van der Waals surface area contributed by atoms with Crippen LogP contribution in [0.3, 0.4) is 0 Å². The number of unbranched alkanes of at least 4 members (excludes halogenated alkanes) is 2. The summed E-state index contributed by atoms with van der Waals surface area (Å²) in [4.78, 5) is 3.89. The monoisotopic (exact) mass is 189 g/mol. The highest BCUT2D eigenvalue weighted by molar-refractivity contribution is 5.52. The predicted octanol–water partition coefficient (Wildman–Crippen LogP) is 2.27. The number of hydrogen-bond acceptors (Lipinski definition) is 3. The van der Waals surface area contributed by atoms with Gasteiger partial charge in [-0.25, -0.2) is 4.98 Å². The number of nitrogens with two attached hydrogens (primary N) is 1. The van der Waals surface area contributed by atoms with E-state index in [9.17, 15) is 0 Å². The van der Waals surface area contributed by atoms with E-state index in [0.717, 1.165) is 18.4 Å². The van der Waals surface area contributed by atoms with Crippen molar-refractivity contribution < 1.29 is 0 Å². The zero-order valence-electron chi connectivity index (χ0n) is 8.45. The van der Waals surface area contributed by atoms with Crippen LogP contribution < -0.4 is 5.73 Å². The van der Waals surface area contributed by atoms with Crippen molar-refractivity contribution in [3.63, 3.8) is 0 Å². The van der Waals surface area contributed by atoms with E-state index in [1.54, 1.807) is 6.20 Å². The highest BCUT2D eigenvalue weighted by Crippen LogP contribution is 2.15. The highest BCUT2D eigenvalue weighted by atomic mass is 14.8. The van der Waals surface area contributed by atoms with Crippen molar-refractivity contribution in [3.8, 4) is 6.07 Å². The van der Waals surface area contributed by atoms with Gasteiger partial charge in [-0.05, 0) is 24.5 Å². The molecule has 3 heteroatoms. The molecule has 0 aromatic carbocycles. The first-order valence-corrected chi connectivity index (χ1v) is 4.93. The van der Waals surface area contributed by atoms with E-state index in [2.05, 4.69) is 18.0 Å². The standard InChI is InChI=1S/C11H15N3/c1-2-3-4-5-9-6-7-14-11(13)10(9)8-12/h6-7H,2-5H2,1H3,(H2,13,14). The summed E-state index contributed by atoms with van der Waals surface area (Å²) in [5.41, 5.74) is 7.17. The van der Waals surface area contributed by atoms with Gasteiger partial charge in [-0.15, -0.1) is 0 Å². The van der Waals surface area contributed by atoms with Gasteiger partial charge in [0.25, 0.3) is 0 Å². The molecule has 0 unspecified atom stereocenters. The van der Waals surface area contributed by atoms with E-state index in [1.165, 1.54) is 12.8 Å². The summed E-state index contributed by atoms with van der Waals surface area (Å²) in [5.74, 6) is 0.349. The van der Waals surface area contributed by atoms with Crippen LogP contribution in [0.2, 0.25) is 0 Å². The van der Waals surface area contributed by atoms with Crippen LogP contribution in [-0.4, -0.2) is 4.98 Å². The van der Waals surface area contributed by atoms with E-state index in [0.29, 0.717) is 11.4 Å². The molecule has 2 N–H and O–H groups in total. The van der Waals surface area contributed by atoms with E-state index < -0.39 is 0 Å². The molecule has 14 heavy (non-hydrogen) atoms. The van der Waals surface area contributed by atoms with Gasteiger partial charge >= 0.3 is 0 Å². The quantitative estimate of drug-likeness (QED) is 0.739. The average molecular weight is 189 g/mol. The number of hydrogen-bond donors (Lipinski definition) is 1. The Kier molecular flexibility index (Phi) is 3.93. The molecule has 0 bridgehead atoms. The minimum absolute atomic E-state index is 0.349. The number of anilines is 1. The molecule has 0 spiro atoms. The molecule has 1 heterocycles. The Morgan fingerprint density at radius 2 is 2.29 bits per heavy atom. The minimum atomic E-state index is 0.349. The maximum absolute atomic E-state index is 8.89. The molecular formula is C11H15N3. The molecule has 0 atom stereocenters. The first kappa shape index (κ1) is 10.5. The van der Waals surface area contributed by atoms with Crippen LogP contribution in [0, 0.1) is 11.3 Å². The van der Waals surface area contributed by atoms with Gasteiger partial charge < -0.3 is 5.73 Å². The normalized spacial score (nSPS) is 9.71. The molecule has 0 saturated carbocycles. The number of nitrogens with zero attached hydrogens (tertiary/aromatic N) is 2. The fourth-order valence-corrected chi connectivity index (χ4v) is 1.42. The summed E-state index contributed by atoms with van der Waals surface area (Å²) in [6, 6.07) is 3.98. The van der Waals surface area contributed by atoms with Crippen molar-refractivity contribution in [3.05, 3.63) is 23.4 Å². The fourth-order valence-electron chi connectivity index (χ4n) is 1.42. The Balaban J connectivity index is 2.76. The van der Waals surface area contributed by atoms with Crippen molar-refractivity contribution >= 4 is 5.82 Å². The van der Waals surface area contributed by atoms with Gasteiger partial charge in [-0.2, -0.15) is 5.26 Å². The number of nitriles is 1. The van der Waals surface area contributed by atoms with Crippen LogP contribution >= 0.6 is 0 Å². The summed E-state index contributed by atoms with van der Waals surface area (Å²) in [5, 5.41) is 8.89. The Morgan fingerprint density at radius 1 is 1.50 bits per heavy atom. The molecule has 1 rings (SSSR count). The van der Waals surface area contributed by atoms with Crippen LogP contribution in [0.15, 0.2) is 12.3 Å². The van der Waals surface area contributed by atoms with Crippen LogP contribution in [0.5, 0.6) is 0 Å². The highest BCUT2D eigenvalue weighted by Gasteiger charge is 2.05. The first-order valence-electron chi connectivity index (χ1n) is 4.93. The van der Waals surface area contributed by atoms with Crippen molar-refractivity contribution in [1.82, 2.24) is 4.98 Å². The SMILES string of the molecule is CCCCCc1ccnc(N)c1C#N. The average Bonchev–Trinajstić information content (AvgIpc) is 2.18. The number of rotatable bonds is 4. The summed E-state index contributed by atoms with van der Waals surface area (Å²) in [7, 11) is 0. The van der Waals surface area contributed by atoms with Crippen LogP contribution in [0.4, 0.5) is 5.82 Å². The molecule has 0 aliphatic heterocycles. The topological polar surface area (TPSA) is 62.7 Å². The lowest BCUT2D eigenvalue weighted by Crippen LogP contribution is -1.99. The number of pyridine rings is 1. The lowest BCUT2D eigenvalue weighted by atomic mass is 10.0. The predicted molar refractivity (Wildman–Crippen MR) is 56.6 cm³/mol. The zero-order chi connectivity index (χ0) is 10.4.